The Morgan fingerprint density at radius 2 is 2.25 bits per heavy atom. The number of carbonyl (C=O) groups is 1. The normalized spacial score (nSPS) is 24.3. The first kappa shape index (κ1) is 9.27. The van der Waals surface area contributed by atoms with E-state index < -0.39 is 22.4 Å². The zero-order valence-electron chi connectivity index (χ0n) is 6.68. The van der Waals surface area contributed by atoms with E-state index in [9.17, 15) is 13.2 Å². The van der Waals surface area contributed by atoms with Crippen molar-refractivity contribution in [2.24, 2.45) is 0 Å². The van der Waals surface area contributed by atoms with Crippen molar-refractivity contribution in [3.05, 3.63) is 0 Å². The van der Waals surface area contributed by atoms with E-state index in [1.54, 1.807) is 0 Å². The van der Waals surface area contributed by atoms with Gasteiger partial charge in [0, 0.05) is 7.05 Å². The maximum Gasteiger partial charge on any atom is 0.411 e. The number of amides is 1. The van der Waals surface area contributed by atoms with Crippen molar-refractivity contribution in [1.82, 2.24) is 4.90 Å². The van der Waals surface area contributed by atoms with Crippen LogP contribution in [-0.4, -0.2) is 45.5 Å². The smallest absolute Gasteiger partial charge is 0.411 e. The summed E-state index contributed by atoms with van der Waals surface area (Å²) in [6.45, 7) is -0.0532. The number of cyclic esters (lactones) is 1. The summed E-state index contributed by atoms with van der Waals surface area (Å²) in [5.74, 6) is 0. The maximum absolute atomic E-state index is 10.7. The monoisotopic (exact) mass is 195 g/mol. The van der Waals surface area contributed by atoms with E-state index in [0.717, 1.165) is 11.2 Å². The molecule has 0 aliphatic carbocycles. The minimum absolute atomic E-state index is 0.0532. The van der Waals surface area contributed by atoms with Crippen molar-refractivity contribution in [3.8, 4) is 0 Å². The summed E-state index contributed by atoms with van der Waals surface area (Å²) in [5.41, 5.74) is 0. The Hall–Kier alpha value is -0.820. The third-order valence-electron chi connectivity index (χ3n) is 1.36. The highest BCUT2D eigenvalue weighted by molar-refractivity contribution is 7.86. The highest BCUT2D eigenvalue weighted by atomic mass is 32.2. The van der Waals surface area contributed by atoms with Gasteiger partial charge in [0.2, 0.25) is 0 Å². The zero-order chi connectivity index (χ0) is 9.35. The van der Waals surface area contributed by atoms with E-state index in [1.165, 1.54) is 7.05 Å². The molecular formula is C5H9NO5S. The number of ether oxygens (including phenoxy) is 1. The van der Waals surface area contributed by atoms with Crippen LogP contribution in [0.5, 0.6) is 0 Å². The number of rotatable bonds is 2. The van der Waals surface area contributed by atoms with Gasteiger partial charge < -0.3 is 4.74 Å². The van der Waals surface area contributed by atoms with Crippen molar-refractivity contribution in [1.29, 1.82) is 0 Å². The Labute approximate surface area is 70.2 Å². The largest absolute Gasteiger partial charge is 0.445 e. The lowest BCUT2D eigenvalue weighted by molar-refractivity contribution is 0.106. The van der Waals surface area contributed by atoms with Crippen molar-refractivity contribution in [2.75, 3.05) is 19.9 Å². The van der Waals surface area contributed by atoms with E-state index in [1.807, 2.05) is 0 Å². The molecule has 6 nitrogen and oxygen atoms in total. The summed E-state index contributed by atoms with van der Waals surface area (Å²) in [5, 5.41) is 0. The first-order valence-electron chi connectivity index (χ1n) is 3.18. The van der Waals surface area contributed by atoms with Gasteiger partial charge in [0.25, 0.3) is 10.1 Å². The molecule has 1 aliphatic rings. The van der Waals surface area contributed by atoms with Gasteiger partial charge in [0.1, 0.15) is 6.61 Å². The molecule has 1 atom stereocenters. The van der Waals surface area contributed by atoms with Crippen LogP contribution in [0.25, 0.3) is 0 Å². The third kappa shape index (κ3) is 2.08. The van der Waals surface area contributed by atoms with Crippen LogP contribution in [0, 0.1) is 0 Å². The van der Waals surface area contributed by atoms with Gasteiger partial charge in [-0.3, -0.25) is 4.90 Å². The highest BCUT2D eigenvalue weighted by Gasteiger charge is 2.32. The molecule has 0 aromatic rings. The van der Waals surface area contributed by atoms with Crippen molar-refractivity contribution in [2.45, 2.75) is 6.23 Å². The number of carbonyl (C=O) groups excluding carboxylic acids is 1. The van der Waals surface area contributed by atoms with Crippen LogP contribution in [0.4, 0.5) is 4.79 Å². The van der Waals surface area contributed by atoms with Crippen LogP contribution in [0.2, 0.25) is 0 Å². The molecule has 0 spiro atoms. The molecular weight excluding hydrogens is 186 g/mol. The van der Waals surface area contributed by atoms with Gasteiger partial charge in [-0.1, -0.05) is 0 Å². The molecule has 0 aromatic heterocycles. The first-order valence-corrected chi connectivity index (χ1v) is 4.99. The molecule has 1 rings (SSSR count). The topological polar surface area (TPSA) is 72.9 Å². The van der Waals surface area contributed by atoms with Crippen LogP contribution < -0.4 is 0 Å². The molecule has 1 aliphatic heterocycles. The Bertz CT molecular complexity index is 284. The van der Waals surface area contributed by atoms with E-state index >= 15 is 0 Å². The van der Waals surface area contributed by atoms with Gasteiger partial charge >= 0.3 is 6.09 Å². The molecule has 1 saturated heterocycles. The van der Waals surface area contributed by atoms with Crippen molar-refractivity contribution in [3.63, 3.8) is 0 Å². The van der Waals surface area contributed by atoms with Gasteiger partial charge in [-0.15, -0.1) is 0 Å². The highest BCUT2D eigenvalue weighted by Crippen LogP contribution is 2.12. The fourth-order valence-corrected chi connectivity index (χ4v) is 1.36. The molecule has 0 radical (unpaired) electrons. The summed E-state index contributed by atoms with van der Waals surface area (Å²) >= 11 is 0. The fraction of sp³-hybridized carbons (Fsp3) is 0.800. The second kappa shape index (κ2) is 2.91. The van der Waals surface area contributed by atoms with Gasteiger partial charge in [-0.05, 0) is 0 Å². The molecule has 12 heavy (non-hydrogen) atoms. The lowest BCUT2D eigenvalue weighted by atomic mass is 10.6. The quantitative estimate of drug-likeness (QED) is 0.548. The molecule has 1 fully saturated rings. The standard InChI is InChI=1S/C5H9NO5S/c1-6-4(3-10-5(6)7)11-12(2,8)9/h4H,3H2,1-2H3. The molecule has 0 N–H and O–H groups in total. The van der Waals surface area contributed by atoms with Gasteiger partial charge in [0.05, 0.1) is 6.26 Å². The van der Waals surface area contributed by atoms with Crippen molar-refractivity contribution < 1.29 is 22.1 Å². The van der Waals surface area contributed by atoms with E-state index in [2.05, 4.69) is 8.92 Å². The second-order valence-electron chi connectivity index (χ2n) is 2.44. The molecule has 0 aromatic carbocycles. The first-order chi connectivity index (χ1) is 5.40. The summed E-state index contributed by atoms with van der Waals surface area (Å²) in [6, 6.07) is 0. The van der Waals surface area contributed by atoms with Gasteiger partial charge in [0.15, 0.2) is 6.23 Å². The predicted octanol–water partition coefficient (Wildman–Crippen LogP) is -0.629. The number of likely N-dealkylation sites (N-methyl/N-ethyl adjacent to an activating group) is 1. The Morgan fingerprint density at radius 3 is 2.58 bits per heavy atom. The van der Waals surface area contributed by atoms with Gasteiger partial charge in [-0.2, -0.15) is 8.42 Å². The summed E-state index contributed by atoms with van der Waals surface area (Å²) in [7, 11) is -2.13. The molecule has 1 amide bonds. The molecule has 7 heteroatoms. The molecule has 0 saturated carbocycles. The average molecular weight is 195 g/mol. The van der Waals surface area contributed by atoms with Crippen LogP contribution in [0.15, 0.2) is 0 Å². The average Bonchev–Trinajstić information content (AvgIpc) is 2.16. The maximum atomic E-state index is 10.7. The lowest BCUT2D eigenvalue weighted by Crippen LogP contribution is -2.33. The van der Waals surface area contributed by atoms with E-state index in [0.29, 0.717) is 0 Å². The number of hydrogen-bond acceptors (Lipinski definition) is 5. The number of hydrogen-bond donors (Lipinski definition) is 0. The molecule has 0 bridgehead atoms. The minimum atomic E-state index is -3.54. The fourth-order valence-electron chi connectivity index (χ4n) is 0.768. The van der Waals surface area contributed by atoms with Crippen LogP contribution >= 0.6 is 0 Å². The predicted molar refractivity (Wildman–Crippen MR) is 38.8 cm³/mol. The van der Waals surface area contributed by atoms with E-state index in [4.69, 9.17) is 0 Å². The zero-order valence-corrected chi connectivity index (χ0v) is 7.50. The van der Waals surface area contributed by atoms with Crippen LogP contribution in [0.3, 0.4) is 0 Å². The summed E-state index contributed by atoms with van der Waals surface area (Å²) in [6.07, 6.45) is -0.486. The molecule has 1 unspecified atom stereocenters. The third-order valence-corrected chi connectivity index (χ3v) is 1.93. The lowest BCUT2D eigenvalue weighted by Gasteiger charge is -2.14. The van der Waals surface area contributed by atoms with E-state index in [-0.39, 0.29) is 6.61 Å². The summed E-state index contributed by atoms with van der Waals surface area (Å²) in [4.78, 5) is 11.8. The van der Waals surface area contributed by atoms with Crippen LogP contribution in [-0.2, 0) is 19.0 Å². The van der Waals surface area contributed by atoms with Crippen LogP contribution in [0.1, 0.15) is 0 Å². The van der Waals surface area contributed by atoms with Gasteiger partial charge in [-0.25, -0.2) is 8.98 Å². The summed E-state index contributed by atoms with van der Waals surface area (Å²) < 4.78 is 30.3. The minimum Gasteiger partial charge on any atom is -0.445 e. The van der Waals surface area contributed by atoms with Crippen molar-refractivity contribution >= 4 is 16.2 Å². The Balaban J connectivity index is 2.62. The molecule has 70 valence electrons. The Kier molecular flexibility index (Phi) is 2.25. The Morgan fingerprint density at radius 1 is 1.67 bits per heavy atom. The molecule has 1 heterocycles. The number of nitrogens with zero attached hydrogens (tertiary/aromatic N) is 1. The second-order valence-corrected chi connectivity index (χ2v) is 4.04. The SMILES string of the molecule is CN1C(=O)OCC1OS(C)(=O)=O.